The first-order chi connectivity index (χ1) is 11.8. The van der Waals surface area contributed by atoms with Gasteiger partial charge in [0.1, 0.15) is 5.66 Å². The standard InChI is InChI=1S/C21H21ClN2O/c1-14-7-8-18-17(11-14)20(2,3)21(23-19(25)13-24(18)21)10-9-15-5-4-6-16(22)12-15/h4-12H,13H2,1-3H3,(H,23,25)/b10-9+/t21-/m0/s1. The molecule has 2 heterocycles. The van der Waals surface area contributed by atoms with Crippen LogP contribution in [0.25, 0.3) is 6.08 Å². The lowest BCUT2D eigenvalue weighted by molar-refractivity contribution is -0.118. The van der Waals surface area contributed by atoms with E-state index in [1.165, 1.54) is 11.1 Å². The maximum absolute atomic E-state index is 12.3. The van der Waals surface area contributed by atoms with E-state index in [1.807, 2.05) is 30.3 Å². The first-order valence-electron chi connectivity index (χ1n) is 8.48. The minimum Gasteiger partial charge on any atom is -0.335 e. The number of hydrogen-bond donors (Lipinski definition) is 1. The number of carbonyl (C=O) groups is 1. The van der Waals surface area contributed by atoms with Gasteiger partial charge in [0, 0.05) is 16.1 Å². The Hall–Kier alpha value is -2.26. The Morgan fingerprint density at radius 1 is 1.20 bits per heavy atom. The quantitative estimate of drug-likeness (QED) is 0.874. The van der Waals surface area contributed by atoms with E-state index in [4.69, 9.17) is 11.6 Å². The van der Waals surface area contributed by atoms with Gasteiger partial charge in [0.25, 0.3) is 0 Å². The number of carbonyl (C=O) groups excluding carboxylic acids is 1. The summed E-state index contributed by atoms with van der Waals surface area (Å²) < 4.78 is 0. The van der Waals surface area contributed by atoms with E-state index >= 15 is 0 Å². The van der Waals surface area contributed by atoms with Crippen LogP contribution in [0, 0.1) is 6.92 Å². The number of halogens is 1. The fourth-order valence-corrected chi connectivity index (χ4v) is 4.31. The molecule has 0 bridgehead atoms. The summed E-state index contributed by atoms with van der Waals surface area (Å²) in [6, 6.07) is 14.2. The van der Waals surface area contributed by atoms with Crippen molar-refractivity contribution in [3.63, 3.8) is 0 Å². The molecule has 3 nitrogen and oxygen atoms in total. The SMILES string of the molecule is Cc1ccc2c(c1)C(C)(C)[C@@]1(/C=C/c3cccc(Cl)c3)NC(=O)CN21. The van der Waals surface area contributed by atoms with Crippen molar-refractivity contribution in [1.82, 2.24) is 5.32 Å². The smallest absolute Gasteiger partial charge is 0.241 e. The second-order valence-corrected chi connectivity index (χ2v) is 7.87. The Balaban J connectivity index is 1.85. The molecular weight excluding hydrogens is 332 g/mol. The van der Waals surface area contributed by atoms with E-state index in [9.17, 15) is 4.79 Å². The van der Waals surface area contributed by atoms with Gasteiger partial charge in [-0.3, -0.25) is 4.79 Å². The van der Waals surface area contributed by atoms with Crippen LogP contribution < -0.4 is 10.2 Å². The third-order valence-electron chi connectivity index (χ3n) is 5.49. The molecule has 2 aliphatic heterocycles. The monoisotopic (exact) mass is 352 g/mol. The number of hydrogen-bond acceptors (Lipinski definition) is 2. The van der Waals surface area contributed by atoms with Gasteiger partial charge < -0.3 is 10.2 Å². The van der Waals surface area contributed by atoms with Gasteiger partial charge in [-0.1, -0.05) is 61.4 Å². The molecule has 0 spiro atoms. The van der Waals surface area contributed by atoms with E-state index in [0.29, 0.717) is 11.6 Å². The lowest BCUT2D eigenvalue weighted by Crippen LogP contribution is -2.58. The van der Waals surface area contributed by atoms with Gasteiger partial charge in [0.2, 0.25) is 5.91 Å². The second kappa shape index (κ2) is 5.37. The molecule has 4 rings (SSSR count). The van der Waals surface area contributed by atoms with Gasteiger partial charge in [0.05, 0.1) is 6.54 Å². The van der Waals surface area contributed by atoms with Crippen LogP contribution in [0.1, 0.15) is 30.5 Å². The maximum Gasteiger partial charge on any atom is 0.241 e. The van der Waals surface area contributed by atoms with E-state index in [-0.39, 0.29) is 11.3 Å². The topological polar surface area (TPSA) is 32.3 Å². The summed E-state index contributed by atoms with van der Waals surface area (Å²) in [5, 5.41) is 3.94. The first kappa shape index (κ1) is 16.2. The number of nitrogens with one attached hydrogen (secondary N) is 1. The van der Waals surface area contributed by atoms with Crippen LogP contribution in [0.2, 0.25) is 5.02 Å². The van der Waals surface area contributed by atoms with E-state index < -0.39 is 5.66 Å². The Labute approximate surface area is 153 Å². The van der Waals surface area contributed by atoms with Gasteiger partial charge in [0.15, 0.2) is 0 Å². The molecule has 128 valence electrons. The molecule has 4 heteroatoms. The lowest BCUT2D eigenvalue weighted by Gasteiger charge is -2.40. The molecule has 0 aromatic heterocycles. The third kappa shape index (κ3) is 2.30. The summed E-state index contributed by atoms with van der Waals surface area (Å²) in [5.41, 5.74) is 3.82. The van der Waals surface area contributed by atoms with Crippen LogP contribution in [0.3, 0.4) is 0 Å². The van der Waals surface area contributed by atoms with Crippen LogP contribution >= 0.6 is 11.6 Å². The molecule has 1 N–H and O–H groups in total. The average Bonchev–Trinajstić information content (AvgIpc) is 2.98. The predicted octanol–water partition coefficient (Wildman–Crippen LogP) is 4.29. The molecule has 2 aromatic carbocycles. The number of aryl methyl sites for hydroxylation is 1. The van der Waals surface area contributed by atoms with Gasteiger partial charge in [-0.15, -0.1) is 0 Å². The van der Waals surface area contributed by atoms with Crippen molar-refractivity contribution in [2.24, 2.45) is 0 Å². The Morgan fingerprint density at radius 2 is 2.00 bits per heavy atom. The molecule has 0 saturated carbocycles. The highest BCUT2D eigenvalue weighted by Gasteiger charge is 2.59. The molecule has 0 unspecified atom stereocenters. The van der Waals surface area contributed by atoms with Crippen LogP contribution in [-0.2, 0) is 10.2 Å². The highest BCUT2D eigenvalue weighted by molar-refractivity contribution is 6.30. The highest BCUT2D eigenvalue weighted by Crippen LogP contribution is 2.53. The predicted molar refractivity (Wildman–Crippen MR) is 103 cm³/mol. The summed E-state index contributed by atoms with van der Waals surface area (Å²) in [6.45, 7) is 6.87. The largest absolute Gasteiger partial charge is 0.335 e. The number of benzene rings is 2. The number of amides is 1. The van der Waals surface area contributed by atoms with Gasteiger partial charge in [-0.05, 0) is 42.3 Å². The first-order valence-corrected chi connectivity index (χ1v) is 8.86. The molecule has 2 aliphatic rings. The summed E-state index contributed by atoms with van der Waals surface area (Å²) in [6.07, 6.45) is 4.16. The summed E-state index contributed by atoms with van der Waals surface area (Å²) in [5.74, 6) is 0.0510. The number of nitrogens with zero attached hydrogens (tertiary/aromatic N) is 1. The van der Waals surface area contributed by atoms with E-state index in [2.05, 4.69) is 55.3 Å². The molecule has 1 saturated heterocycles. The lowest BCUT2D eigenvalue weighted by atomic mass is 9.75. The van der Waals surface area contributed by atoms with Crippen LogP contribution in [-0.4, -0.2) is 18.1 Å². The van der Waals surface area contributed by atoms with Crippen molar-refractivity contribution < 1.29 is 4.79 Å². The molecule has 0 aliphatic carbocycles. The number of rotatable bonds is 2. The normalized spacial score (nSPS) is 23.7. The van der Waals surface area contributed by atoms with Crippen molar-refractivity contribution in [1.29, 1.82) is 0 Å². The molecule has 0 radical (unpaired) electrons. The van der Waals surface area contributed by atoms with Crippen molar-refractivity contribution in [2.45, 2.75) is 31.8 Å². The Morgan fingerprint density at radius 3 is 2.76 bits per heavy atom. The van der Waals surface area contributed by atoms with E-state index in [1.54, 1.807) is 0 Å². The van der Waals surface area contributed by atoms with Gasteiger partial charge in [-0.25, -0.2) is 0 Å². The third-order valence-corrected chi connectivity index (χ3v) is 5.73. The fraction of sp³-hybridized carbons (Fsp3) is 0.286. The van der Waals surface area contributed by atoms with E-state index in [0.717, 1.165) is 11.3 Å². The second-order valence-electron chi connectivity index (χ2n) is 7.43. The van der Waals surface area contributed by atoms with Gasteiger partial charge >= 0.3 is 0 Å². The summed E-state index contributed by atoms with van der Waals surface area (Å²) in [4.78, 5) is 14.5. The fourth-order valence-electron chi connectivity index (χ4n) is 4.11. The van der Waals surface area contributed by atoms with Crippen molar-refractivity contribution in [2.75, 3.05) is 11.4 Å². The van der Waals surface area contributed by atoms with Crippen LogP contribution in [0.15, 0.2) is 48.5 Å². The molecule has 1 atom stereocenters. The number of anilines is 1. The van der Waals surface area contributed by atoms with Crippen LogP contribution in [0.5, 0.6) is 0 Å². The Kier molecular flexibility index (Phi) is 3.48. The minimum atomic E-state index is -0.567. The van der Waals surface area contributed by atoms with Crippen LogP contribution in [0.4, 0.5) is 5.69 Å². The molecule has 1 amide bonds. The molecular formula is C21H21ClN2O. The van der Waals surface area contributed by atoms with Crippen molar-refractivity contribution in [3.05, 3.63) is 70.3 Å². The molecule has 2 aromatic rings. The molecule has 25 heavy (non-hydrogen) atoms. The maximum atomic E-state index is 12.3. The average molecular weight is 353 g/mol. The van der Waals surface area contributed by atoms with Gasteiger partial charge in [-0.2, -0.15) is 0 Å². The van der Waals surface area contributed by atoms with Crippen molar-refractivity contribution in [3.8, 4) is 0 Å². The zero-order chi connectivity index (χ0) is 17.8. The minimum absolute atomic E-state index is 0.0510. The zero-order valence-corrected chi connectivity index (χ0v) is 15.4. The zero-order valence-electron chi connectivity index (χ0n) is 14.6. The van der Waals surface area contributed by atoms with Crippen molar-refractivity contribution >= 4 is 29.3 Å². The summed E-state index contributed by atoms with van der Waals surface area (Å²) in [7, 11) is 0. The summed E-state index contributed by atoms with van der Waals surface area (Å²) >= 11 is 6.11. The Bertz CT molecular complexity index is 903. The highest BCUT2D eigenvalue weighted by atomic mass is 35.5. The molecule has 1 fully saturated rings. The number of fused-ring (bicyclic) bond motifs is 3.